The molecule has 1 aliphatic heterocycles. The van der Waals surface area contributed by atoms with Gasteiger partial charge in [-0.1, -0.05) is 12.1 Å². The predicted octanol–water partition coefficient (Wildman–Crippen LogP) is 5.75. The molecule has 30 heavy (non-hydrogen) atoms. The highest BCUT2D eigenvalue weighted by atomic mass is 16.5. The van der Waals surface area contributed by atoms with Crippen molar-refractivity contribution in [3.63, 3.8) is 0 Å². The van der Waals surface area contributed by atoms with E-state index in [9.17, 15) is 0 Å². The zero-order valence-corrected chi connectivity index (χ0v) is 19.2. The fourth-order valence-corrected chi connectivity index (χ4v) is 3.66. The van der Waals surface area contributed by atoms with Crippen molar-refractivity contribution in [1.82, 2.24) is 4.90 Å². The first-order valence-corrected chi connectivity index (χ1v) is 10.6. The van der Waals surface area contributed by atoms with Crippen LogP contribution in [0.15, 0.2) is 41.4 Å². The topological polar surface area (TPSA) is 43.3 Å². The van der Waals surface area contributed by atoms with E-state index < -0.39 is 0 Å². The van der Waals surface area contributed by atoms with E-state index in [1.165, 1.54) is 0 Å². The van der Waals surface area contributed by atoms with E-state index in [4.69, 9.17) is 19.2 Å². The second kappa shape index (κ2) is 9.19. The zero-order valence-electron chi connectivity index (χ0n) is 19.2. The van der Waals surface area contributed by atoms with Crippen molar-refractivity contribution < 1.29 is 14.2 Å². The van der Waals surface area contributed by atoms with Crippen molar-refractivity contribution in [3.05, 3.63) is 53.1 Å². The highest BCUT2D eigenvalue weighted by Gasteiger charge is 2.21. The lowest BCUT2D eigenvalue weighted by molar-refractivity contribution is -0.0466. The van der Waals surface area contributed by atoms with Crippen LogP contribution in [0, 0.1) is 13.8 Å². The lowest BCUT2D eigenvalue weighted by Crippen LogP contribution is -2.44. The van der Waals surface area contributed by atoms with E-state index >= 15 is 0 Å². The van der Waals surface area contributed by atoms with Crippen LogP contribution in [0.2, 0.25) is 0 Å². The summed E-state index contributed by atoms with van der Waals surface area (Å²) in [5.74, 6) is 1.64. The van der Waals surface area contributed by atoms with Gasteiger partial charge in [0, 0.05) is 20.2 Å². The summed E-state index contributed by atoms with van der Waals surface area (Å²) in [5, 5.41) is 0. The van der Waals surface area contributed by atoms with Crippen LogP contribution in [-0.4, -0.2) is 43.6 Å². The molecule has 1 heterocycles. The molecule has 162 valence electrons. The lowest BCUT2D eigenvalue weighted by atomic mass is 9.98. The second-order valence-corrected chi connectivity index (χ2v) is 8.70. The van der Waals surface area contributed by atoms with Crippen LogP contribution in [0.25, 0.3) is 0 Å². The summed E-state index contributed by atoms with van der Waals surface area (Å²) in [5.41, 5.74) is 3.80. The van der Waals surface area contributed by atoms with Crippen molar-refractivity contribution >= 4 is 12.0 Å². The normalized spacial score (nSPS) is 20.0. The van der Waals surface area contributed by atoms with Crippen molar-refractivity contribution in [2.24, 2.45) is 4.99 Å². The molecule has 0 spiro atoms. The van der Waals surface area contributed by atoms with Crippen LogP contribution in [0.1, 0.15) is 44.4 Å². The third kappa shape index (κ3) is 5.41. The Morgan fingerprint density at radius 2 is 1.77 bits per heavy atom. The quantitative estimate of drug-likeness (QED) is 0.449. The van der Waals surface area contributed by atoms with Crippen LogP contribution >= 0.6 is 0 Å². The number of rotatable bonds is 6. The first-order valence-electron chi connectivity index (χ1n) is 10.6. The third-order valence-electron chi connectivity index (χ3n) is 5.57. The Kier molecular flexibility index (Phi) is 6.84. The van der Waals surface area contributed by atoms with Gasteiger partial charge in [-0.05, 0) is 82.5 Å². The number of hydrogen-bond donors (Lipinski definition) is 0. The summed E-state index contributed by atoms with van der Waals surface area (Å²) >= 11 is 0. The number of aryl methyl sites for hydroxylation is 2. The molecule has 0 amide bonds. The van der Waals surface area contributed by atoms with Gasteiger partial charge in [0.15, 0.2) is 0 Å². The SMILES string of the molecule is COC(C)(C)c1cccc(Oc2cc(C)c(/N=C/N3CC(C)OC(C)C3)cc2C)c1. The number of methoxy groups -OCH3 is 1. The van der Waals surface area contributed by atoms with Crippen molar-refractivity contribution in [3.8, 4) is 11.5 Å². The molecule has 0 bridgehead atoms. The molecule has 1 aliphatic rings. The summed E-state index contributed by atoms with van der Waals surface area (Å²) in [6.07, 6.45) is 2.38. The van der Waals surface area contributed by atoms with Gasteiger partial charge in [0.25, 0.3) is 0 Å². The average molecular weight is 411 g/mol. The molecular formula is C25H34N2O3. The zero-order chi connectivity index (χ0) is 21.9. The molecule has 0 radical (unpaired) electrons. The van der Waals surface area contributed by atoms with E-state index in [1.54, 1.807) is 7.11 Å². The van der Waals surface area contributed by atoms with Gasteiger partial charge in [-0.2, -0.15) is 0 Å². The molecule has 0 N–H and O–H groups in total. The average Bonchev–Trinajstić information content (AvgIpc) is 2.69. The van der Waals surface area contributed by atoms with E-state index in [-0.39, 0.29) is 17.8 Å². The minimum atomic E-state index is -0.364. The molecule has 0 saturated carbocycles. The van der Waals surface area contributed by atoms with Gasteiger partial charge in [-0.3, -0.25) is 0 Å². The molecule has 2 atom stereocenters. The molecule has 0 aromatic heterocycles. The van der Waals surface area contributed by atoms with Gasteiger partial charge in [0.05, 0.1) is 29.8 Å². The monoisotopic (exact) mass is 410 g/mol. The fourth-order valence-electron chi connectivity index (χ4n) is 3.66. The Morgan fingerprint density at radius 3 is 2.43 bits per heavy atom. The maximum Gasteiger partial charge on any atom is 0.130 e. The Morgan fingerprint density at radius 1 is 1.07 bits per heavy atom. The standard InChI is InChI=1S/C25H34N2O3/c1-17-12-24(30-22-10-8-9-21(13-22)25(5,6)28-7)18(2)11-23(17)26-16-27-14-19(3)29-20(4)15-27/h8-13,16,19-20H,14-15H2,1-7H3/b26-16+. The number of aliphatic imine (C=N–C) groups is 1. The summed E-state index contributed by atoms with van der Waals surface area (Å²) in [7, 11) is 1.72. The maximum absolute atomic E-state index is 6.21. The third-order valence-corrected chi connectivity index (χ3v) is 5.57. The number of benzene rings is 2. The predicted molar refractivity (Wildman–Crippen MR) is 122 cm³/mol. The Labute approximate surface area is 180 Å². The summed E-state index contributed by atoms with van der Waals surface area (Å²) < 4.78 is 17.6. The smallest absolute Gasteiger partial charge is 0.130 e. The molecular weight excluding hydrogens is 376 g/mol. The largest absolute Gasteiger partial charge is 0.457 e. The minimum Gasteiger partial charge on any atom is -0.457 e. The van der Waals surface area contributed by atoms with E-state index in [0.29, 0.717) is 0 Å². The van der Waals surface area contributed by atoms with Crippen LogP contribution in [0.4, 0.5) is 5.69 Å². The minimum absolute atomic E-state index is 0.220. The van der Waals surface area contributed by atoms with Crippen molar-refractivity contribution in [2.75, 3.05) is 20.2 Å². The number of ether oxygens (including phenoxy) is 3. The number of nitrogens with zero attached hydrogens (tertiary/aromatic N) is 2. The maximum atomic E-state index is 6.21. The van der Waals surface area contributed by atoms with Crippen molar-refractivity contribution in [2.45, 2.75) is 59.4 Å². The summed E-state index contributed by atoms with van der Waals surface area (Å²) in [6, 6.07) is 12.2. The molecule has 2 aromatic rings. The van der Waals surface area contributed by atoms with Gasteiger partial charge in [0.1, 0.15) is 11.5 Å². The lowest BCUT2D eigenvalue weighted by Gasteiger charge is -2.33. The summed E-state index contributed by atoms with van der Waals surface area (Å²) in [6.45, 7) is 14.1. The van der Waals surface area contributed by atoms with Gasteiger partial charge in [-0.25, -0.2) is 4.99 Å². The number of hydrogen-bond acceptors (Lipinski definition) is 4. The molecule has 2 aromatic carbocycles. The number of morpholine rings is 1. The first-order chi connectivity index (χ1) is 14.2. The van der Waals surface area contributed by atoms with Crippen molar-refractivity contribution in [1.29, 1.82) is 0 Å². The molecule has 1 fully saturated rings. The van der Waals surface area contributed by atoms with Gasteiger partial charge >= 0.3 is 0 Å². The molecule has 2 unspecified atom stereocenters. The van der Waals surface area contributed by atoms with Crippen LogP contribution in [0.5, 0.6) is 11.5 Å². The van der Waals surface area contributed by atoms with E-state index in [2.05, 4.69) is 50.8 Å². The fraction of sp³-hybridized carbons (Fsp3) is 0.480. The van der Waals surface area contributed by atoms with Gasteiger partial charge in [-0.15, -0.1) is 0 Å². The first kappa shape index (κ1) is 22.3. The Bertz CT molecular complexity index is 897. The molecule has 5 nitrogen and oxygen atoms in total. The second-order valence-electron chi connectivity index (χ2n) is 8.70. The van der Waals surface area contributed by atoms with Gasteiger partial charge in [0.2, 0.25) is 0 Å². The Hall–Kier alpha value is -2.37. The molecule has 5 heteroatoms. The molecule has 0 aliphatic carbocycles. The Balaban J connectivity index is 1.77. The van der Waals surface area contributed by atoms with E-state index in [0.717, 1.165) is 47.0 Å². The van der Waals surface area contributed by atoms with E-state index in [1.807, 2.05) is 38.4 Å². The van der Waals surface area contributed by atoms with Crippen LogP contribution in [0.3, 0.4) is 0 Å². The van der Waals surface area contributed by atoms with Crippen LogP contribution in [-0.2, 0) is 15.1 Å². The van der Waals surface area contributed by atoms with Crippen LogP contribution < -0.4 is 4.74 Å². The summed E-state index contributed by atoms with van der Waals surface area (Å²) in [4.78, 5) is 6.96. The molecule has 3 rings (SSSR count). The highest BCUT2D eigenvalue weighted by molar-refractivity contribution is 5.65. The van der Waals surface area contributed by atoms with Gasteiger partial charge < -0.3 is 19.1 Å². The highest BCUT2D eigenvalue weighted by Crippen LogP contribution is 2.33. The molecule has 1 saturated heterocycles.